The molecule has 0 atom stereocenters. The van der Waals surface area contributed by atoms with E-state index < -0.39 is 0 Å². The van der Waals surface area contributed by atoms with Gasteiger partial charge in [0.1, 0.15) is 5.75 Å². The molecule has 0 radical (unpaired) electrons. The van der Waals surface area contributed by atoms with Crippen LogP contribution in [0.15, 0.2) is 54.7 Å². The molecule has 2 aromatic rings. The summed E-state index contributed by atoms with van der Waals surface area (Å²) >= 11 is 0. The first-order chi connectivity index (χ1) is 9.83. The first-order valence-electron chi connectivity index (χ1n) is 6.76. The number of ether oxygens (including phenoxy) is 1. The van der Waals surface area contributed by atoms with Gasteiger partial charge in [0.25, 0.3) is 0 Å². The highest BCUT2D eigenvalue weighted by atomic mass is 16.6. The number of amides is 1. The number of para-hydroxylation sites is 1. The van der Waals surface area contributed by atoms with E-state index >= 15 is 0 Å². The summed E-state index contributed by atoms with van der Waals surface area (Å²) in [5.74, 6) is 0.573. The number of nitrogens with zero attached hydrogens (tertiary/aromatic N) is 2. The monoisotopic (exact) mass is 268 g/mol. The maximum Gasteiger partial charge on any atom is 0.415 e. The summed E-state index contributed by atoms with van der Waals surface area (Å²) in [6, 6.07) is 15.2. The van der Waals surface area contributed by atoms with E-state index in [0.29, 0.717) is 12.3 Å². The fraction of sp³-hybridized carbons (Fsp3) is 0.250. The summed E-state index contributed by atoms with van der Waals surface area (Å²) in [6.07, 6.45) is 3.51. The van der Waals surface area contributed by atoms with E-state index in [4.69, 9.17) is 4.74 Å². The van der Waals surface area contributed by atoms with Gasteiger partial charge in [-0.05, 0) is 37.1 Å². The van der Waals surface area contributed by atoms with Gasteiger partial charge in [0.15, 0.2) is 0 Å². The zero-order chi connectivity index (χ0) is 13.8. The Bertz CT molecular complexity index is 568. The van der Waals surface area contributed by atoms with E-state index in [9.17, 15) is 4.79 Å². The van der Waals surface area contributed by atoms with Crippen LogP contribution >= 0.6 is 0 Å². The molecule has 1 aliphatic rings. The van der Waals surface area contributed by atoms with Crippen molar-refractivity contribution in [3.63, 3.8) is 0 Å². The van der Waals surface area contributed by atoms with Crippen LogP contribution in [0.3, 0.4) is 0 Å². The first-order valence-corrected chi connectivity index (χ1v) is 6.76. The molecule has 4 nitrogen and oxygen atoms in total. The number of aromatic nitrogens is 1. The molecule has 1 amide bonds. The summed E-state index contributed by atoms with van der Waals surface area (Å²) < 4.78 is 5.41. The molecule has 1 heterocycles. The molecular formula is C16H16N2O2. The van der Waals surface area contributed by atoms with Gasteiger partial charge in [-0.25, -0.2) is 4.79 Å². The Morgan fingerprint density at radius 2 is 1.90 bits per heavy atom. The molecule has 1 saturated carbocycles. The van der Waals surface area contributed by atoms with Crippen molar-refractivity contribution in [2.24, 2.45) is 0 Å². The van der Waals surface area contributed by atoms with Gasteiger partial charge in [0.2, 0.25) is 0 Å². The molecule has 1 aromatic heterocycles. The van der Waals surface area contributed by atoms with Crippen molar-refractivity contribution in [2.45, 2.75) is 25.4 Å². The van der Waals surface area contributed by atoms with Gasteiger partial charge in [-0.2, -0.15) is 0 Å². The quantitative estimate of drug-likeness (QED) is 0.854. The second-order valence-corrected chi connectivity index (χ2v) is 4.86. The average molecular weight is 268 g/mol. The second kappa shape index (κ2) is 5.74. The molecule has 0 spiro atoms. The van der Waals surface area contributed by atoms with Crippen LogP contribution in [0.1, 0.15) is 18.5 Å². The third-order valence-corrected chi connectivity index (χ3v) is 3.23. The third kappa shape index (κ3) is 3.15. The molecule has 1 fully saturated rings. The number of benzene rings is 1. The zero-order valence-corrected chi connectivity index (χ0v) is 11.1. The molecular weight excluding hydrogens is 252 g/mol. The van der Waals surface area contributed by atoms with Crippen LogP contribution in [0.4, 0.5) is 4.79 Å². The Morgan fingerprint density at radius 3 is 2.55 bits per heavy atom. The number of pyridine rings is 1. The Morgan fingerprint density at radius 1 is 1.15 bits per heavy atom. The van der Waals surface area contributed by atoms with Crippen LogP contribution in [-0.2, 0) is 6.54 Å². The number of hydrogen-bond acceptors (Lipinski definition) is 3. The van der Waals surface area contributed by atoms with E-state index in [0.717, 1.165) is 18.5 Å². The van der Waals surface area contributed by atoms with E-state index in [2.05, 4.69) is 4.98 Å². The van der Waals surface area contributed by atoms with Gasteiger partial charge in [0.05, 0.1) is 12.2 Å². The van der Waals surface area contributed by atoms with Crippen LogP contribution in [0.25, 0.3) is 0 Å². The molecule has 1 aromatic carbocycles. The summed E-state index contributed by atoms with van der Waals surface area (Å²) in [5.41, 5.74) is 0.879. The molecule has 0 saturated heterocycles. The van der Waals surface area contributed by atoms with Crippen molar-refractivity contribution >= 4 is 6.09 Å². The van der Waals surface area contributed by atoms with Crippen molar-refractivity contribution in [3.05, 3.63) is 60.4 Å². The lowest BCUT2D eigenvalue weighted by atomic mass is 10.3. The van der Waals surface area contributed by atoms with Crippen molar-refractivity contribution in [1.82, 2.24) is 9.88 Å². The van der Waals surface area contributed by atoms with E-state index in [-0.39, 0.29) is 12.1 Å². The van der Waals surface area contributed by atoms with E-state index in [1.807, 2.05) is 36.4 Å². The maximum absolute atomic E-state index is 12.3. The molecule has 0 unspecified atom stereocenters. The molecule has 20 heavy (non-hydrogen) atoms. The molecule has 4 heteroatoms. The fourth-order valence-corrected chi connectivity index (χ4v) is 2.04. The highest BCUT2D eigenvalue weighted by molar-refractivity contribution is 5.71. The first kappa shape index (κ1) is 12.7. The lowest BCUT2D eigenvalue weighted by Crippen LogP contribution is -2.35. The highest BCUT2D eigenvalue weighted by Crippen LogP contribution is 2.29. The summed E-state index contributed by atoms with van der Waals surface area (Å²) in [5, 5.41) is 0. The van der Waals surface area contributed by atoms with Crippen molar-refractivity contribution in [1.29, 1.82) is 0 Å². The van der Waals surface area contributed by atoms with Crippen molar-refractivity contribution in [3.8, 4) is 5.75 Å². The fourth-order valence-electron chi connectivity index (χ4n) is 2.04. The zero-order valence-electron chi connectivity index (χ0n) is 11.1. The van der Waals surface area contributed by atoms with Crippen LogP contribution in [0.2, 0.25) is 0 Å². The van der Waals surface area contributed by atoms with Crippen LogP contribution in [0, 0.1) is 0 Å². The van der Waals surface area contributed by atoms with Gasteiger partial charge >= 0.3 is 6.09 Å². The van der Waals surface area contributed by atoms with Crippen molar-refractivity contribution in [2.75, 3.05) is 0 Å². The van der Waals surface area contributed by atoms with Gasteiger partial charge in [-0.1, -0.05) is 24.3 Å². The molecule has 102 valence electrons. The largest absolute Gasteiger partial charge is 0.415 e. The summed E-state index contributed by atoms with van der Waals surface area (Å²) in [6.45, 7) is 0.497. The Kier molecular flexibility index (Phi) is 3.63. The second-order valence-electron chi connectivity index (χ2n) is 4.86. The van der Waals surface area contributed by atoms with Gasteiger partial charge in [-0.3, -0.25) is 9.88 Å². The number of carbonyl (C=O) groups is 1. The number of rotatable bonds is 4. The van der Waals surface area contributed by atoms with Crippen LogP contribution in [-0.4, -0.2) is 22.0 Å². The van der Waals surface area contributed by atoms with Crippen molar-refractivity contribution < 1.29 is 9.53 Å². The lowest BCUT2D eigenvalue weighted by molar-refractivity contribution is 0.145. The topological polar surface area (TPSA) is 42.4 Å². The summed E-state index contributed by atoms with van der Waals surface area (Å²) in [7, 11) is 0. The normalized spacial score (nSPS) is 13.8. The molecule has 0 bridgehead atoms. The Hall–Kier alpha value is -2.36. The highest BCUT2D eigenvalue weighted by Gasteiger charge is 2.34. The third-order valence-electron chi connectivity index (χ3n) is 3.23. The minimum atomic E-state index is -0.302. The minimum absolute atomic E-state index is 0.285. The minimum Gasteiger partial charge on any atom is -0.410 e. The average Bonchev–Trinajstić information content (AvgIpc) is 3.31. The molecule has 0 aliphatic heterocycles. The van der Waals surface area contributed by atoms with E-state index in [1.165, 1.54) is 0 Å². The Balaban J connectivity index is 1.69. The molecule has 3 rings (SSSR count). The predicted octanol–water partition coefficient (Wildman–Crippen LogP) is 3.25. The van der Waals surface area contributed by atoms with Crippen LogP contribution in [0.5, 0.6) is 5.75 Å². The molecule has 0 N–H and O–H groups in total. The van der Waals surface area contributed by atoms with E-state index in [1.54, 1.807) is 23.2 Å². The maximum atomic E-state index is 12.3. The number of hydrogen-bond donors (Lipinski definition) is 0. The van der Waals surface area contributed by atoms with Gasteiger partial charge in [-0.15, -0.1) is 0 Å². The summed E-state index contributed by atoms with van der Waals surface area (Å²) in [4.78, 5) is 18.3. The van der Waals surface area contributed by atoms with Gasteiger partial charge in [0, 0.05) is 12.2 Å². The molecule has 1 aliphatic carbocycles. The smallest absolute Gasteiger partial charge is 0.410 e. The Labute approximate surface area is 118 Å². The SMILES string of the molecule is O=C(Oc1ccccc1)N(Cc1ccccn1)C1CC1. The van der Waals surface area contributed by atoms with Crippen LogP contribution < -0.4 is 4.74 Å². The number of carbonyl (C=O) groups excluding carboxylic acids is 1. The standard InChI is InChI=1S/C16H16N2O2/c19-16(20-15-7-2-1-3-8-15)18(14-9-10-14)12-13-6-4-5-11-17-13/h1-8,11,14H,9-10,12H2. The lowest BCUT2D eigenvalue weighted by Gasteiger charge is -2.21. The van der Waals surface area contributed by atoms with Gasteiger partial charge < -0.3 is 4.74 Å². The predicted molar refractivity (Wildman–Crippen MR) is 75.3 cm³/mol.